The summed E-state index contributed by atoms with van der Waals surface area (Å²) in [6.07, 6.45) is 3.87. The molecule has 0 spiro atoms. The molecule has 0 bridgehead atoms. The first kappa shape index (κ1) is 15.7. The molecule has 0 saturated heterocycles. The molecule has 0 N–H and O–H groups in total. The van der Waals surface area contributed by atoms with Gasteiger partial charge < -0.3 is 0 Å². The molecule has 0 unspecified atom stereocenters. The van der Waals surface area contributed by atoms with Gasteiger partial charge in [-0.15, -0.1) is 0 Å². The number of nitrogens with zero attached hydrogens (tertiary/aromatic N) is 2. The first-order valence-electron chi connectivity index (χ1n) is 7.08. The molecule has 0 radical (unpaired) electrons. The van der Waals surface area contributed by atoms with E-state index >= 15 is 0 Å². The number of Topliss-reactive ketones (excluding diaryl/α,β-unsaturated/α-hetero) is 1. The van der Waals surface area contributed by atoms with Gasteiger partial charge in [0, 0.05) is 6.20 Å². The number of halogens is 2. The molecule has 1 aromatic carbocycles. The Kier molecular flexibility index (Phi) is 5.12. The topological polar surface area (TPSA) is 34.9 Å². The van der Waals surface area contributed by atoms with Gasteiger partial charge in [-0.2, -0.15) is 5.10 Å². The van der Waals surface area contributed by atoms with E-state index in [9.17, 15) is 9.18 Å². The van der Waals surface area contributed by atoms with E-state index in [-0.39, 0.29) is 22.8 Å². The van der Waals surface area contributed by atoms with E-state index in [1.165, 1.54) is 18.2 Å². The number of ketones is 1. The van der Waals surface area contributed by atoms with Crippen LogP contribution in [0.4, 0.5) is 4.39 Å². The maximum Gasteiger partial charge on any atom is 0.173 e. The van der Waals surface area contributed by atoms with E-state index in [0.717, 1.165) is 12.8 Å². The minimum absolute atomic E-state index is 0.0494. The molecule has 3 nitrogen and oxygen atoms in total. The highest BCUT2D eigenvalue weighted by Crippen LogP contribution is 2.21. The third-order valence-electron chi connectivity index (χ3n) is 3.56. The lowest BCUT2D eigenvalue weighted by Gasteiger charge is -2.12. The maximum absolute atomic E-state index is 13.7. The Hall–Kier alpha value is -1.68. The first-order valence-corrected chi connectivity index (χ1v) is 7.45. The van der Waals surface area contributed by atoms with E-state index in [2.05, 4.69) is 18.9 Å². The van der Waals surface area contributed by atoms with Crippen molar-refractivity contribution in [1.29, 1.82) is 0 Å². The monoisotopic (exact) mass is 308 g/mol. The molecule has 0 aliphatic rings. The fourth-order valence-electron chi connectivity index (χ4n) is 2.35. The third kappa shape index (κ3) is 3.50. The predicted octanol–water partition coefficient (Wildman–Crippen LogP) is 4.46. The zero-order valence-corrected chi connectivity index (χ0v) is 12.9. The molecule has 1 aromatic heterocycles. The van der Waals surface area contributed by atoms with Crippen LogP contribution in [0.25, 0.3) is 0 Å². The molecular weight excluding hydrogens is 291 g/mol. The average Bonchev–Trinajstić information content (AvgIpc) is 2.88. The van der Waals surface area contributed by atoms with Crippen molar-refractivity contribution in [2.45, 2.75) is 39.2 Å². The lowest BCUT2D eigenvalue weighted by atomic mass is 10.1. The van der Waals surface area contributed by atoms with Crippen LogP contribution in [0.2, 0.25) is 5.02 Å². The molecule has 5 heteroatoms. The van der Waals surface area contributed by atoms with Crippen molar-refractivity contribution < 1.29 is 9.18 Å². The molecule has 0 aliphatic heterocycles. The van der Waals surface area contributed by atoms with Crippen molar-refractivity contribution in [3.63, 3.8) is 0 Å². The summed E-state index contributed by atoms with van der Waals surface area (Å²) in [5.41, 5.74) is 0.572. The van der Waals surface area contributed by atoms with Crippen LogP contribution in [0.1, 0.15) is 48.8 Å². The van der Waals surface area contributed by atoms with Gasteiger partial charge in [-0.1, -0.05) is 31.5 Å². The van der Waals surface area contributed by atoms with Crippen LogP contribution in [0.15, 0.2) is 30.5 Å². The number of carbonyl (C=O) groups excluding carboxylic acids is 1. The molecule has 0 aliphatic carbocycles. The standard InChI is InChI=1S/C16H18ClFN2O/c1-3-12(4-2)20-9-8-11(19-20)10-15(21)16-13(17)6-5-7-14(16)18/h5-9,12H,3-4,10H2,1-2H3. The summed E-state index contributed by atoms with van der Waals surface area (Å²) >= 11 is 5.90. The second-order valence-corrected chi connectivity index (χ2v) is 5.36. The normalized spacial score (nSPS) is 11.1. The van der Waals surface area contributed by atoms with E-state index in [0.29, 0.717) is 11.7 Å². The van der Waals surface area contributed by atoms with Crippen LogP contribution in [0, 0.1) is 5.82 Å². The second kappa shape index (κ2) is 6.85. The molecule has 0 atom stereocenters. The summed E-state index contributed by atoms with van der Waals surface area (Å²) in [7, 11) is 0. The molecule has 0 fully saturated rings. The molecule has 21 heavy (non-hydrogen) atoms. The zero-order chi connectivity index (χ0) is 15.4. The van der Waals surface area contributed by atoms with Gasteiger partial charge in [0.05, 0.1) is 28.7 Å². The van der Waals surface area contributed by atoms with Crippen LogP contribution in [-0.2, 0) is 6.42 Å². The molecule has 0 amide bonds. The second-order valence-electron chi connectivity index (χ2n) is 4.95. The molecule has 112 valence electrons. The molecule has 1 heterocycles. The van der Waals surface area contributed by atoms with Gasteiger partial charge in [0.2, 0.25) is 0 Å². The highest BCUT2D eigenvalue weighted by atomic mass is 35.5. The Balaban J connectivity index is 2.17. The van der Waals surface area contributed by atoms with Gasteiger partial charge in [0.1, 0.15) is 5.82 Å². The van der Waals surface area contributed by atoms with Gasteiger partial charge in [-0.25, -0.2) is 4.39 Å². The Bertz CT molecular complexity index is 615. The lowest BCUT2D eigenvalue weighted by molar-refractivity contribution is 0.0988. The third-order valence-corrected chi connectivity index (χ3v) is 3.88. The van der Waals surface area contributed by atoms with Crippen LogP contribution >= 0.6 is 11.6 Å². The fraction of sp³-hybridized carbons (Fsp3) is 0.375. The van der Waals surface area contributed by atoms with E-state index < -0.39 is 5.82 Å². The number of aromatic nitrogens is 2. The molecule has 0 saturated carbocycles. The van der Waals surface area contributed by atoms with E-state index in [4.69, 9.17) is 11.6 Å². The predicted molar refractivity (Wildman–Crippen MR) is 81.3 cm³/mol. The minimum Gasteiger partial charge on any atom is -0.294 e. The van der Waals surface area contributed by atoms with Gasteiger partial charge in [0.15, 0.2) is 5.78 Å². The smallest absolute Gasteiger partial charge is 0.173 e. The highest BCUT2D eigenvalue weighted by molar-refractivity contribution is 6.34. The Labute approximate surface area is 128 Å². The quantitative estimate of drug-likeness (QED) is 0.738. The van der Waals surface area contributed by atoms with Crippen molar-refractivity contribution in [2.75, 3.05) is 0 Å². The fourth-order valence-corrected chi connectivity index (χ4v) is 2.62. The van der Waals surface area contributed by atoms with Crippen LogP contribution in [0.3, 0.4) is 0 Å². The summed E-state index contributed by atoms with van der Waals surface area (Å²) in [5, 5.41) is 4.55. The van der Waals surface area contributed by atoms with Crippen molar-refractivity contribution in [2.24, 2.45) is 0 Å². The van der Waals surface area contributed by atoms with Gasteiger partial charge in [0.25, 0.3) is 0 Å². The average molecular weight is 309 g/mol. The van der Waals surface area contributed by atoms with Crippen molar-refractivity contribution >= 4 is 17.4 Å². The maximum atomic E-state index is 13.7. The molecule has 2 aromatic rings. The minimum atomic E-state index is -0.591. The SMILES string of the molecule is CCC(CC)n1ccc(CC(=O)c2c(F)cccc2Cl)n1. The van der Waals surface area contributed by atoms with Crippen molar-refractivity contribution in [1.82, 2.24) is 9.78 Å². The highest BCUT2D eigenvalue weighted by Gasteiger charge is 2.17. The number of benzene rings is 1. The number of rotatable bonds is 6. The number of hydrogen-bond acceptors (Lipinski definition) is 2. The number of carbonyl (C=O) groups is 1. The summed E-state index contributed by atoms with van der Waals surface area (Å²) in [6, 6.07) is 6.36. The zero-order valence-electron chi connectivity index (χ0n) is 12.1. The molecular formula is C16H18ClFN2O. The van der Waals surface area contributed by atoms with Crippen molar-refractivity contribution in [3.05, 3.63) is 52.6 Å². The summed E-state index contributed by atoms with van der Waals surface area (Å²) in [5.74, 6) is -0.945. The summed E-state index contributed by atoms with van der Waals surface area (Å²) in [6.45, 7) is 4.19. The van der Waals surface area contributed by atoms with Gasteiger partial charge >= 0.3 is 0 Å². The largest absolute Gasteiger partial charge is 0.294 e. The van der Waals surface area contributed by atoms with Gasteiger partial charge in [-0.3, -0.25) is 9.48 Å². The number of hydrogen-bond donors (Lipinski definition) is 0. The molecule has 2 rings (SSSR count). The Morgan fingerprint density at radius 3 is 2.67 bits per heavy atom. The first-order chi connectivity index (χ1) is 10.1. The summed E-state index contributed by atoms with van der Waals surface area (Å²) < 4.78 is 15.6. The summed E-state index contributed by atoms with van der Waals surface area (Å²) in [4.78, 5) is 12.2. The van der Waals surface area contributed by atoms with E-state index in [1.807, 2.05) is 10.9 Å². The Morgan fingerprint density at radius 1 is 1.33 bits per heavy atom. The van der Waals surface area contributed by atoms with E-state index in [1.54, 1.807) is 6.07 Å². The van der Waals surface area contributed by atoms with Crippen LogP contribution in [0.5, 0.6) is 0 Å². The Morgan fingerprint density at radius 2 is 2.05 bits per heavy atom. The van der Waals surface area contributed by atoms with Gasteiger partial charge in [-0.05, 0) is 31.0 Å². The van der Waals surface area contributed by atoms with Crippen LogP contribution < -0.4 is 0 Å². The van der Waals surface area contributed by atoms with Crippen molar-refractivity contribution in [3.8, 4) is 0 Å². The van der Waals surface area contributed by atoms with Crippen LogP contribution in [-0.4, -0.2) is 15.6 Å². The lowest BCUT2D eigenvalue weighted by Crippen LogP contribution is -2.10.